The van der Waals surface area contributed by atoms with E-state index >= 15 is 0 Å². The van der Waals surface area contributed by atoms with Gasteiger partial charge in [0.15, 0.2) is 0 Å². The Morgan fingerprint density at radius 1 is 1.11 bits per heavy atom. The van der Waals surface area contributed by atoms with Crippen molar-refractivity contribution in [2.45, 2.75) is 33.2 Å². The van der Waals surface area contributed by atoms with E-state index in [1.807, 2.05) is 31.2 Å². The van der Waals surface area contributed by atoms with Crippen LogP contribution in [-0.4, -0.2) is 84.1 Å². The van der Waals surface area contributed by atoms with Gasteiger partial charge in [-0.1, -0.05) is 29.8 Å². The number of rotatable bonds is 7. The molecule has 36 heavy (non-hydrogen) atoms. The van der Waals surface area contributed by atoms with Crippen LogP contribution < -0.4 is 0 Å². The summed E-state index contributed by atoms with van der Waals surface area (Å²) < 4.78 is 10.2. The predicted octanol–water partition coefficient (Wildman–Crippen LogP) is 2.87. The maximum atomic E-state index is 13.3. The van der Waals surface area contributed by atoms with E-state index in [1.165, 1.54) is 7.11 Å². The molecule has 0 bridgehead atoms. The monoisotopic (exact) mass is 495 g/mol. The standard InChI is InChI=1S/C27H33N3O6/c1-16-6-8-19(9-7-16)23-21(24(31)20-17(2)22(27(34)35-4)28-18(20)3)25(32)26(33)30(23)11-5-10-29-12-14-36-15-13-29/h6-9,23,28,31H,5,10-15H2,1-4H3/b24-21+/t23-/m1/s1. The van der Waals surface area contributed by atoms with E-state index in [1.54, 1.807) is 18.7 Å². The molecule has 0 radical (unpaired) electrons. The Bertz CT molecular complexity index is 1190. The zero-order valence-corrected chi connectivity index (χ0v) is 21.2. The van der Waals surface area contributed by atoms with Crippen LogP contribution in [0.5, 0.6) is 0 Å². The number of H-pyrrole nitrogens is 1. The maximum Gasteiger partial charge on any atom is 0.354 e. The number of benzene rings is 1. The quantitative estimate of drug-likeness (QED) is 0.263. The van der Waals surface area contributed by atoms with Gasteiger partial charge in [0.05, 0.1) is 31.9 Å². The second kappa shape index (κ2) is 10.7. The van der Waals surface area contributed by atoms with Gasteiger partial charge in [-0.2, -0.15) is 0 Å². The fourth-order valence-electron chi connectivity index (χ4n) is 5.04. The van der Waals surface area contributed by atoms with Crippen molar-refractivity contribution in [1.82, 2.24) is 14.8 Å². The van der Waals surface area contributed by atoms with E-state index in [2.05, 4.69) is 9.88 Å². The minimum atomic E-state index is -0.732. The molecule has 192 valence electrons. The first-order valence-corrected chi connectivity index (χ1v) is 12.2. The van der Waals surface area contributed by atoms with Crippen molar-refractivity contribution in [2.75, 3.05) is 46.5 Å². The van der Waals surface area contributed by atoms with Crippen molar-refractivity contribution in [3.05, 3.63) is 63.5 Å². The van der Waals surface area contributed by atoms with Gasteiger partial charge in [-0.3, -0.25) is 14.5 Å². The molecule has 2 aliphatic rings. The zero-order valence-electron chi connectivity index (χ0n) is 21.2. The number of esters is 1. The number of methoxy groups -OCH3 is 1. The molecule has 1 atom stereocenters. The number of aromatic amines is 1. The molecule has 3 heterocycles. The number of carbonyl (C=O) groups excluding carboxylic acids is 3. The summed E-state index contributed by atoms with van der Waals surface area (Å²) >= 11 is 0. The smallest absolute Gasteiger partial charge is 0.354 e. The zero-order chi connectivity index (χ0) is 26.0. The van der Waals surface area contributed by atoms with Crippen LogP contribution in [0, 0.1) is 20.8 Å². The lowest BCUT2D eigenvalue weighted by Crippen LogP contribution is -2.38. The van der Waals surface area contributed by atoms with Gasteiger partial charge in [0.1, 0.15) is 11.5 Å². The fraction of sp³-hybridized carbons (Fsp3) is 0.444. The van der Waals surface area contributed by atoms with E-state index < -0.39 is 23.7 Å². The van der Waals surface area contributed by atoms with Crippen molar-refractivity contribution in [1.29, 1.82) is 0 Å². The summed E-state index contributed by atoms with van der Waals surface area (Å²) in [5, 5.41) is 11.5. The van der Waals surface area contributed by atoms with Crippen LogP contribution >= 0.6 is 0 Å². The van der Waals surface area contributed by atoms with Crippen LogP contribution in [0.4, 0.5) is 0 Å². The third kappa shape index (κ3) is 4.81. The molecule has 4 rings (SSSR count). The summed E-state index contributed by atoms with van der Waals surface area (Å²) in [4.78, 5) is 45.5. The molecule has 2 aliphatic heterocycles. The number of hydrogen-bond donors (Lipinski definition) is 2. The van der Waals surface area contributed by atoms with E-state index in [9.17, 15) is 19.5 Å². The number of aryl methyl sites for hydroxylation is 2. The molecular weight excluding hydrogens is 462 g/mol. The molecule has 2 saturated heterocycles. The Hall–Kier alpha value is -3.43. The highest BCUT2D eigenvalue weighted by Gasteiger charge is 2.46. The Balaban J connectivity index is 1.74. The Kier molecular flexibility index (Phi) is 7.61. The number of morpholine rings is 1. The number of ether oxygens (including phenoxy) is 2. The Morgan fingerprint density at radius 3 is 2.42 bits per heavy atom. The summed E-state index contributed by atoms with van der Waals surface area (Å²) in [6, 6.07) is 6.87. The van der Waals surface area contributed by atoms with E-state index in [0.29, 0.717) is 43.0 Å². The van der Waals surface area contributed by atoms with Crippen molar-refractivity contribution < 1.29 is 29.0 Å². The van der Waals surface area contributed by atoms with E-state index in [4.69, 9.17) is 9.47 Å². The van der Waals surface area contributed by atoms with Crippen LogP contribution in [-0.2, 0) is 19.1 Å². The van der Waals surface area contributed by atoms with Crippen LogP contribution in [0.3, 0.4) is 0 Å². The lowest BCUT2D eigenvalue weighted by molar-refractivity contribution is -0.140. The van der Waals surface area contributed by atoms with Crippen LogP contribution in [0.2, 0.25) is 0 Å². The molecule has 9 heteroatoms. The topological polar surface area (TPSA) is 112 Å². The van der Waals surface area contributed by atoms with Gasteiger partial charge >= 0.3 is 5.97 Å². The van der Waals surface area contributed by atoms with Crippen molar-refractivity contribution >= 4 is 23.4 Å². The molecule has 0 spiro atoms. The largest absolute Gasteiger partial charge is 0.507 e. The SMILES string of the molecule is COC(=O)c1[nH]c(C)c(/C(O)=C2\C(=O)C(=O)N(CCCN3CCOCC3)[C@@H]2c2ccc(C)cc2)c1C. The summed E-state index contributed by atoms with van der Waals surface area (Å²) in [7, 11) is 1.28. The molecular formula is C27H33N3O6. The van der Waals surface area contributed by atoms with Gasteiger partial charge in [0.2, 0.25) is 0 Å². The predicted molar refractivity (Wildman–Crippen MR) is 134 cm³/mol. The van der Waals surface area contributed by atoms with Crippen molar-refractivity contribution in [3.63, 3.8) is 0 Å². The Labute approximate surface area is 210 Å². The normalized spacial score (nSPS) is 20.2. The van der Waals surface area contributed by atoms with Gasteiger partial charge < -0.3 is 24.5 Å². The molecule has 9 nitrogen and oxygen atoms in total. The molecule has 0 aliphatic carbocycles. The first kappa shape index (κ1) is 25.7. The summed E-state index contributed by atoms with van der Waals surface area (Å²) in [6.45, 7) is 9.56. The second-order valence-corrected chi connectivity index (χ2v) is 9.33. The molecule has 2 aromatic rings. The molecule has 1 aromatic heterocycles. The number of carbonyl (C=O) groups is 3. The van der Waals surface area contributed by atoms with Gasteiger partial charge in [0.25, 0.3) is 11.7 Å². The van der Waals surface area contributed by atoms with E-state index in [-0.39, 0.29) is 17.0 Å². The van der Waals surface area contributed by atoms with Crippen LogP contribution in [0.15, 0.2) is 29.8 Å². The number of amides is 1. The van der Waals surface area contributed by atoms with Gasteiger partial charge in [0, 0.05) is 37.4 Å². The van der Waals surface area contributed by atoms with E-state index in [0.717, 1.165) is 30.8 Å². The number of nitrogens with zero attached hydrogens (tertiary/aromatic N) is 2. The number of aliphatic hydroxyl groups excluding tert-OH is 1. The van der Waals surface area contributed by atoms with Crippen LogP contribution in [0.1, 0.15) is 50.9 Å². The van der Waals surface area contributed by atoms with Gasteiger partial charge in [-0.25, -0.2) is 4.79 Å². The highest BCUT2D eigenvalue weighted by molar-refractivity contribution is 6.46. The number of ketones is 1. The third-order valence-electron chi connectivity index (χ3n) is 6.97. The summed E-state index contributed by atoms with van der Waals surface area (Å²) in [5.41, 5.74) is 3.30. The van der Waals surface area contributed by atoms with Crippen molar-refractivity contribution in [2.24, 2.45) is 0 Å². The minimum Gasteiger partial charge on any atom is -0.507 e. The third-order valence-corrected chi connectivity index (χ3v) is 6.97. The average molecular weight is 496 g/mol. The minimum absolute atomic E-state index is 0.0249. The van der Waals surface area contributed by atoms with Gasteiger partial charge in [-0.05, 0) is 38.3 Å². The number of aliphatic hydroxyl groups is 1. The molecule has 1 aromatic carbocycles. The van der Waals surface area contributed by atoms with Crippen molar-refractivity contribution in [3.8, 4) is 0 Å². The average Bonchev–Trinajstić information content (AvgIpc) is 3.31. The second-order valence-electron chi connectivity index (χ2n) is 9.33. The summed E-state index contributed by atoms with van der Waals surface area (Å²) in [5.74, 6) is -2.24. The Morgan fingerprint density at radius 2 is 1.78 bits per heavy atom. The number of aromatic nitrogens is 1. The molecule has 1 amide bonds. The molecule has 2 N–H and O–H groups in total. The number of Topliss-reactive ketones (excluding diaryl/α,β-unsaturated/α-hetero) is 1. The number of nitrogens with one attached hydrogen (secondary N) is 1. The highest BCUT2D eigenvalue weighted by Crippen LogP contribution is 2.41. The van der Waals surface area contributed by atoms with Crippen LogP contribution in [0.25, 0.3) is 5.76 Å². The fourth-order valence-corrected chi connectivity index (χ4v) is 5.04. The molecule has 2 fully saturated rings. The molecule has 0 unspecified atom stereocenters. The van der Waals surface area contributed by atoms with Gasteiger partial charge in [-0.15, -0.1) is 0 Å². The summed E-state index contributed by atoms with van der Waals surface area (Å²) in [6.07, 6.45) is 0.685. The number of likely N-dealkylation sites (tertiary alicyclic amines) is 1. The first-order chi connectivity index (χ1) is 17.2. The molecule has 0 saturated carbocycles. The highest BCUT2D eigenvalue weighted by atomic mass is 16.5. The maximum absolute atomic E-state index is 13.3. The first-order valence-electron chi connectivity index (χ1n) is 12.2. The number of hydrogen-bond acceptors (Lipinski definition) is 7. The lowest BCUT2D eigenvalue weighted by atomic mass is 9.93. The lowest BCUT2D eigenvalue weighted by Gasteiger charge is -2.29.